The molecule has 0 unspecified atom stereocenters. The molecule has 6 nitrogen and oxygen atoms in total. The number of benzene rings is 1. The molecule has 6 heteroatoms. The Labute approximate surface area is 127 Å². The van der Waals surface area contributed by atoms with Gasteiger partial charge in [-0.1, -0.05) is 0 Å². The van der Waals surface area contributed by atoms with E-state index in [0.717, 1.165) is 0 Å². The van der Waals surface area contributed by atoms with Crippen molar-refractivity contribution in [2.75, 3.05) is 14.2 Å². The number of carboxylic acids is 1. The quantitative estimate of drug-likeness (QED) is 0.939. The second-order valence-electron chi connectivity index (χ2n) is 5.27. The van der Waals surface area contributed by atoms with Crippen molar-refractivity contribution in [3.63, 3.8) is 0 Å². The first-order valence-corrected chi connectivity index (χ1v) is 6.88. The van der Waals surface area contributed by atoms with E-state index in [2.05, 4.69) is 0 Å². The van der Waals surface area contributed by atoms with E-state index in [1.807, 2.05) is 13.8 Å². The van der Waals surface area contributed by atoms with E-state index in [1.165, 1.54) is 21.1 Å². The molecule has 0 atom stereocenters. The maximum absolute atomic E-state index is 12.7. The average Bonchev–Trinajstić information content (AvgIpc) is 2.48. The molecule has 1 N–H and O–H groups in total. The van der Waals surface area contributed by atoms with Gasteiger partial charge >= 0.3 is 5.97 Å². The Hall–Kier alpha value is -2.50. The summed E-state index contributed by atoms with van der Waals surface area (Å²) in [5.41, 5.74) is 0.226. The molecule has 1 heterocycles. The topological polar surface area (TPSA) is 77.8 Å². The molecule has 0 aliphatic heterocycles. The lowest BCUT2D eigenvalue weighted by atomic mass is 10.1. The standard InChI is InChI=1S/C16H19NO5/c1-8(2)17-13(16(19)20)9(3)15(18)12-10(21-4)6-7-11(22-5)14(12)17/h6-8H,1-5H3,(H,19,20). The van der Waals surface area contributed by atoms with E-state index < -0.39 is 5.97 Å². The van der Waals surface area contributed by atoms with Crippen LogP contribution >= 0.6 is 0 Å². The van der Waals surface area contributed by atoms with Crippen molar-refractivity contribution in [3.05, 3.63) is 33.6 Å². The van der Waals surface area contributed by atoms with Crippen molar-refractivity contribution < 1.29 is 19.4 Å². The monoisotopic (exact) mass is 305 g/mol. The van der Waals surface area contributed by atoms with E-state index in [4.69, 9.17) is 9.47 Å². The number of hydrogen-bond acceptors (Lipinski definition) is 4. The lowest BCUT2D eigenvalue weighted by Gasteiger charge is -2.22. The summed E-state index contributed by atoms with van der Waals surface area (Å²) in [5, 5.41) is 9.87. The summed E-state index contributed by atoms with van der Waals surface area (Å²) in [4.78, 5) is 24.3. The maximum atomic E-state index is 12.7. The van der Waals surface area contributed by atoms with Crippen LogP contribution < -0.4 is 14.9 Å². The first-order chi connectivity index (χ1) is 10.3. The number of fused-ring (bicyclic) bond motifs is 1. The second-order valence-corrected chi connectivity index (χ2v) is 5.27. The highest BCUT2D eigenvalue weighted by Gasteiger charge is 2.25. The molecule has 1 aromatic carbocycles. The largest absolute Gasteiger partial charge is 0.496 e. The first-order valence-electron chi connectivity index (χ1n) is 6.88. The van der Waals surface area contributed by atoms with Crippen LogP contribution in [0, 0.1) is 6.92 Å². The summed E-state index contributed by atoms with van der Waals surface area (Å²) >= 11 is 0. The van der Waals surface area contributed by atoms with Crippen LogP contribution in [-0.4, -0.2) is 29.9 Å². The number of ether oxygens (including phenoxy) is 2. The lowest BCUT2D eigenvalue weighted by molar-refractivity contribution is 0.0682. The van der Waals surface area contributed by atoms with Crippen molar-refractivity contribution in [2.24, 2.45) is 0 Å². The SMILES string of the molecule is COc1ccc(OC)c2c1c(=O)c(C)c(C(=O)O)n2C(C)C. The van der Waals surface area contributed by atoms with Crippen molar-refractivity contribution >= 4 is 16.9 Å². The minimum atomic E-state index is -1.14. The fourth-order valence-corrected chi connectivity index (χ4v) is 2.71. The van der Waals surface area contributed by atoms with Crippen LogP contribution in [0.5, 0.6) is 11.5 Å². The fourth-order valence-electron chi connectivity index (χ4n) is 2.71. The number of nitrogens with zero attached hydrogens (tertiary/aromatic N) is 1. The third kappa shape index (κ3) is 2.20. The molecule has 2 rings (SSSR count). The Morgan fingerprint density at radius 2 is 1.73 bits per heavy atom. The minimum absolute atomic E-state index is 0.0287. The number of rotatable bonds is 4. The van der Waals surface area contributed by atoms with Gasteiger partial charge in [0, 0.05) is 11.6 Å². The van der Waals surface area contributed by atoms with Crippen LogP contribution in [0.3, 0.4) is 0 Å². The Balaban J connectivity index is 3.21. The Bertz CT molecular complexity index is 805. The third-order valence-corrected chi connectivity index (χ3v) is 3.67. The van der Waals surface area contributed by atoms with Gasteiger partial charge in [-0.05, 0) is 32.9 Å². The Morgan fingerprint density at radius 3 is 2.18 bits per heavy atom. The highest BCUT2D eigenvalue weighted by Crippen LogP contribution is 2.34. The minimum Gasteiger partial charge on any atom is -0.496 e. The second kappa shape index (κ2) is 5.71. The zero-order valence-corrected chi connectivity index (χ0v) is 13.3. The predicted molar refractivity (Wildman–Crippen MR) is 83.4 cm³/mol. The molecule has 0 amide bonds. The highest BCUT2D eigenvalue weighted by molar-refractivity contribution is 5.97. The molecule has 118 valence electrons. The molecule has 0 saturated heterocycles. The van der Waals surface area contributed by atoms with E-state index in [0.29, 0.717) is 22.4 Å². The van der Waals surface area contributed by atoms with Gasteiger partial charge in [0.25, 0.3) is 0 Å². The van der Waals surface area contributed by atoms with Crippen molar-refractivity contribution in [1.82, 2.24) is 4.57 Å². The van der Waals surface area contributed by atoms with Crippen LogP contribution in [0.2, 0.25) is 0 Å². The average molecular weight is 305 g/mol. The van der Waals surface area contributed by atoms with Gasteiger partial charge in [0.2, 0.25) is 0 Å². The Kier molecular flexibility index (Phi) is 4.12. The number of carboxylic acid groups (broad SMARTS) is 1. The predicted octanol–water partition coefficient (Wildman–Crippen LogP) is 2.61. The van der Waals surface area contributed by atoms with Crippen LogP contribution in [0.4, 0.5) is 0 Å². The summed E-state index contributed by atoms with van der Waals surface area (Å²) in [7, 11) is 2.96. The third-order valence-electron chi connectivity index (χ3n) is 3.67. The van der Waals surface area contributed by atoms with Crippen molar-refractivity contribution in [3.8, 4) is 11.5 Å². The van der Waals surface area contributed by atoms with E-state index in [9.17, 15) is 14.7 Å². The number of aromatic carboxylic acids is 1. The van der Waals surface area contributed by atoms with Gasteiger partial charge in [0.15, 0.2) is 5.43 Å². The molecule has 0 radical (unpaired) electrons. The highest BCUT2D eigenvalue weighted by atomic mass is 16.5. The van der Waals surface area contributed by atoms with Gasteiger partial charge in [0.1, 0.15) is 17.2 Å². The molecule has 0 saturated carbocycles. The van der Waals surface area contributed by atoms with Crippen molar-refractivity contribution in [1.29, 1.82) is 0 Å². The molecule has 0 aliphatic rings. The molecule has 0 spiro atoms. The van der Waals surface area contributed by atoms with Crippen LogP contribution in [0.15, 0.2) is 16.9 Å². The van der Waals surface area contributed by atoms with Crippen molar-refractivity contribution in [2.45, 2.75) is 26.8 Å². The number of methoxy groups -OCH3 is 2. The summed E-state index contributed by atoms with van der Waals surface area (Å²) < 4.78 is 12.2. The number of aromatic nitrogens is 1. The molecule has 22 heavy (non-hydrogen) atoms. The first kappa shape index (κ1) is 15.9. The normalized spacial score (nSPS) is 11.0. The zero-order valence-electron chi connectivity index (χ0n) is 13.3. The number of carbonyl (C=O) groups is 1. The Morgan fingerprint density at radius 1 is 1.18 bits per heavy atom. The van der Waals surface area contributed by atoms with Gasteiger partial charge in [0.05, 0.1) is 25.1 Å². The van der Waals surface area contributed by atoms with Gasteiger partial charge in [-0.25, -0.2) is 4.79 Å². The summed E-state index contributed by atoms with van der Waals surface area (Å²) in [6.07, 6.45) is 0. The van der Waals surface area contributed by atoms with E-state index >= 15 is 0 Å². The number of pyridine rings is 1. The van der Waals surface area contributed by atoms with Gasteiger partial charge in [-0.3, -0.25) is 4.79 Å². The van der Waals surface area contributed by atoms with E-state index in [-0.39, 0.29) is 22.7 Å². The van der Waals surface area contributed by atoms with Crippen LogP contribution in [0.25, 0.3) is 10.9 Å². The number of hydrogen-bond donors (Lipinski definition) is 1. The molecule has 1 aromatic heterocycles. The summed E-state index contributed by atoms with van der Waals surface area (Å²) in [6.45, 7) is 5.23. The van der Waals surface area contributed by atoms with Gasteiger partial charge in [-0.2, -0.15) is 0 Å². The summed E-state index contributed by atoms with van der Waals surface area (Å²) in [6, 6.07) is 3.14. The van der Waals surface area contributed by atoms with Gasteiger partial charge < -0.3 is 19.1 Å². The molecular formula is C16H19NO5. The molecule has 2 aromatic rings. The van der Waals surface area contributed by atoms with E-state index in [1.54, 1.807) is 16.7 Å². The zero-order chi connectivity index (χ0) is 16.6. The van der Waals surface area contributed by atoms with Gasteiger partial charge in [-0.15, -0.1) is 0 Å². The van der Waals surface area contributed by atoms with Crippen LogP contribution in [-0.2, 0) is 0 Å². The fraction of sp³-hybridized carbons (Fsp3) is 0.375. The molecule has 0 fully saturated rings. The summed E-state index contributed by atoms with van der Waals surface area (Å²) in [5.74, 6) is -0.311. The molecule has 0 aliphatic carbocycles. The molecule has 0 bridgehead atoms. The smallest absolute Gasteiger partial charge is 0.352 e. The lowest BCUT2D eigenvalue weighted by Crippen LogP contribution is -2.24. The maximum Gasteiger partial charge on any atom is 0.352 e. The molecular weight excluding hydrogens is 286 g/mol. The van der Waals surface area contributed by atoms with Crippen LogP contribution in [0.1, 0.15) is 35.9 Å².